The van der Waals surface area contributed by atoms with E-state index in [0.29, 0.717) is 17.1 Å². The molecule has 1 aliphatic heterocycles. The van der Waals surface area contributed by atoms with Gasteiger partial charge in [-0.15, -0.1) is 0 Å². The van der Waals surface area contributed by atoms with E-state index in [-0.39, 0.29) is 18.1 Å². The summed E-state index contributed by atoms with van der Waals surface area (Å²) in [6.07, 6.45) is 1.26. The lowest BCUT2D eigenvalue weighted by Crippen LogP contribution is -2.21. The van der Waals surface area contributed by atoms with E-state index in [0.717, 1.165) is 18.2 Å². The third-order valence-corrected chi connectivity index (χ3v) is 3.81. The largest absolute Gasteiger partial charge is 0.454 e. The Bertz CT molecular complexity index is 1110. The summed E-state index contributed by atoms with van der Waals surface area (Å²) in [7, 11) is 0. The molecule has 30 heavy (non-hydrogen) atoms. The van der Waals surface area contributed by atoms with Crippen molar-refractivity contribution in [2.45, 2.75) is 0 Å². The van der Waals surface area contributed by atoms with Crippen molar-refractivity contribution in [3.8, 4) is 17.6 Å². The van der Waals surface area contributed by atoms with Crippen LogP contribution in [0.5, 0.6) is 11.5 Å². The predicted octanol–water partition coefficient (Wildman–Crippen LogP) is 2.55. The molecule has 0 aliphatic carbocycles. The van der Waals surface area contributed by atoms with Crippen molar-refractivity contribution in [2.75, 3.05) is 18.7 Å². The molecular weight excluding hydrogens is 401 g/mol. The Morgan fingerprint density at radius 1 is 1.27 bits per heavy atom. The fourth-order valence-corrected chi connectivity index (χ4v) is 2.44. The number of halogens is 1. The number of nitriles is 1. The molecule has 3 rings (SSSR count). The number of amides is 1. The van der Waals surface area contributed by atoms with Gasteiger partial charge in [0.2, 0.25) is 12.6 Å². The summed E-state index contributed by atoms with van der Waals surface area (Å²) in [4.78, 5) is 33.8. The van der Waals surface area contributed by atoms with Crippen molar-refractivity contribution >= 4 is 29.3 Å². The number of nitro groups is 1. The molecule has 10 nitrogen and oxygen atoms in total. The average molecular weight is 413 g/mol. The van der Waals surface area contributed by atoms with Gasteiger partial charge in [-0.25, -0.2) is 4.79 Å². The molecule has 11 heteroatoms. The molecule has 0 fully saturated rings. The van der Waals surface area contributed by atoms with Crippen molar-refractivity contribution in [3.05, 3.63) is 63.5 Å². The quantitative estimate of drug-likeness (QED) is 0.250. The lowest BCUT2D eigenvalue weighted by molar-refractivity contribution is -0.387. The van der Waals surface area contributed by atoms with Gasteiger partial charge in [0.25, 0.3) is 5.91 Å². The van der Waals surface area contributed by atoms with Gasteiger partial charge in [-0.2, -0.15) is 9.65 Å². The van der Waals surface area contributed by atoms with Crippen LogP contribution in [0.1, 0.15) is 5.56 Å². The molecule has 152 valence electrons. The summed E-state index contributed by atoms with van der Waals surface area (Å²) in [5.74, 6) is -1.94. The SMILES string of the molecule is N#CC(=Cc1ccc2c(c1)OCO2)C(=O)OCC(=O)Nc1ccc(F)c([N+](=O)[O-])c1. The number of carbonyl (C=O) groups is 2. The Kier molecular flexibility index (Phi) is 5.88. The van der Waals surface area contributed by atoms with E-state index in [4.69, 9.17) is 14.2 Å². The minimum Gasteiger partial charge on any atom is -0.454 e. The van der Waals surface area contributed by atoms with Gasteiger partial charge in [-0.3, -0.25) is 14.9 Å². The molecule has 2 aromatic carbocycles. The number of ether oxygens (including phenoxy) is 3. The van der Waals surface area contributed by atoms with Gasteiger partial charge >= 0.3 is 11.7 Å². The molecule has 0 unspecified atom stereocenters. The van der Waals surface area contributed by atoms with Crippen LogP contribution in [0.4, 0.5) is 15.8 Å². The van der Waals surface area contributed by atoms with Gasteiger partial charge < -0.3 is 19.5 Å². The van der Waals surface area contributed by atoms with Gasteiger partial charge in [-0.1, -0.05) is 6.07 Å². The second kappa shape index (κ2) is 8.70. The minimum atomic E-state index is -1.06. The Balaban J connectivity index is 1.61. The molecule has 0 saturated heterocycles. The van der Waals surface area contributed by atoms with Crippen LogP contribution >= 0.6 is 0 Å². The van der Waals surface area contributed by atoms with Crippen LogP contribution in [0, 0.1) is 27.3 Å². The number of fused-ring (bicyclic) bond motifs is 1. The van der Waals surface area contributed by atoms with Crippen LogP contribution in [0.3, 0.4) is 0 Å². The highest BCUT2D eigenvalue weighted by molar-refractivity contribution is 6.00. The highest BCUT2D eigenvalue weighted by Gasteiger charge is 2.18. The first-order chi connectivity index (χ1) is 14.4. The number of nitrogens with one attached hydrogen (secondary N) is 1. The molecule has 1 aliphatic rings. The maximum absolute atomic E-state index is 13.3. The number of benzene rings is 2. The van der Waals surface area contributed by atoms with Gasteiger partial charge in [0.1, 0.15) is 11.6 Å². The van der Waals surface area contributed by atoms with E-state index in [9.17, 15) is 29.4 Å². The number of hydrogen-bond acceptors (Lipinski definition) is 8. The third kappa shape index (κ3) is 4.68. The van der Waals surface area contributed by atoms with Crippen molar-refractivity contribution in [1.82, 2.24) is 0 Å². The molecule has 2 aromatic rings. The number of carbonyl (C=O) groups excluding carboxylic acids is 2. The predicted molar refractivity (Wildman–Crippen MR) is 98.8 cm³/mol. The van der Waals surface area contributed by atoms with Gasteiger partial charge in [0.05, 0.1) is 4.92 Å². The Labute approximate surface area is 168 Å². The first-order valence-corrected chi connectivity index (χ1v) is 8.29. The lowest BCUT2D eigenvalue weighted by atomic mass is 10.1. The van der Waals surface area contributed by atoms with Crippen LogP contribution < -0.4 is 14.8 Å². The lowest BCUT2D eigenvalue weighted by Gasteiger charge is -2.06. The maximum atomic E-state index is 13.3. The molecule has 0 bridgehead atoms. The second-order valence-electron chi connectivity index (χ2n) is 5.83. The van der Waals surface area contributed by atoms with Gasteiger partial charge in [0, 0.05) is 11.8 Å². The summed E-state index contributed by atoms with van der Waals surface area (Å²) in [5.41, 5.74) is -0.751. The fraction of sp³-hybridized carbons (Fsp3) is 0.105. The monoisotopic (exact) mass is 413 g/mol. The molecule has 0 atom stereocenters. The molecule has 1 amide bonds. The smallest absolute Gasteiger partial charge is 0.349 e. The van der Waals surface area contributed by atoms with Crippen LogP contribution in [0.25, 0.3) is 6.08 Å². The van der Waals surface area contributed by atoms with E-state index in [1.54, 1.807) is 24.3 Å². The van der Waals surface area contributed by atoms with Crippen LogP contribution in [-0.2, 0) is 14.3 Å². The molecular formula is C19H12FN3O7. The second-order valence-corrected chi connectivity index (χ2v) is 5.83. The van der Waals surface area contributed by atoms with Crippen molar-refractivity contribution in [2.24, 2.45) is 0 Å². The average Bonchev–Trinajstić information content (AvgIpc) is 3.19. The number of nitro benzene ring substituents is 1. The zero-order valence-electron chi connectivity index (χ0n) is 15.1. The highest BCUT2D eigenvalue weighted by atomic mass is 19.1. The zero-order chi connectivity index (χ0) is 21.7. The highest BCUT2D eigenvalue weighted by Crippen LogP contribution is 2.33. The van der Waals surface area contributed by atoms with E-state index >= 15 is 0 Å². The molecule has 1 N–H and O–H groups in total. The summed E-state index contributed by atoms with van der Waals surface area (Å²) in [6, 6.07) is 9.24. The standard InChI is InChI=1S/C19H12FN3O7/c20-14-3-2-13(7-15(14)23(26)27)22-18(24)9-28-19(25)12(8-21)5-11-1-4-16-17(6-11)30-10-29-16/h1-7H,9-10H2,(H,22,24). The molecule has 0 aromatic heterocycles. The van der Waals surface area contributed by atoms with Crippen molar-refractivity contribution in [3.63, 3.8) is 0 Å². The molecule has 0 spiro atoms. The van der Waals surface area contributed by atoms with E-state index in [1.807, 2.05) is 0 Å². The van der Waals surface area contributed by atoms with E-state index in [1.165, 1.54) is 6.08 Å². The van der Waals surface area contributed by atoms with E-state index < -0.39 is 34.9 Å². The summed E-state index contributed by atoms with van der Waals surface area (Å²) in [6.45, 7) is -0.688. The van der Waals surface area contributed by atoms with Crippen molar-refractivity contribution < 1.29 is 33.1 Å². The summed E-state index contributed by atoms with van der Waals surface area (Å²) in [5, 5.41) is 22.1. The van der Waals surface area contributed by atoms with Crippen LogP contribution in [0.15, 0.2) is 42.0 Å². The molecule has 1 heterocycles. The topological polar surface area (TPSA) is 141 Å². The Morgan fingerprint density at radius 2 is 2.03 bits per heavy atom. The normalized spacial score (nSPS) is 12.1. The number of hydrogen-bond donors (Lipinski definition) is 1. The first-order valence-electron chi connectivity index (χ1n) is 8.29. The number of rotatable bonds is 6. The summed E-state index contributed by atoms with van der Waals surface area (Å²) >= 11 is 0. The molecule has 0 saturated carbocycles. The first kappa shape index (κ1) is 20.3. The number of nitrogens with zero attached hydrogens (tertiary/aromatic N) is 2. The van der Waals surface area contributed by atoms with Gasteiger partial charge in [-0.05, 0) is 35.9 Å². The molecule has 0 radical (unpaired) electrons. The maximum Gasteiger partial charge on any atom is 0.349 e. The van der Waals surface area contributed by atoms with Crippen LogP contribution in [-0.4, -0.2) is 30.2 Å². The van der Waals surface area contributed by atoms with E-state index in [2.05, 4.69) is 5.32 Å². The Morgan fingerprint density at radius 3 is 2.77 bits per heavy atom. The number of esters is 1. The Hall–Kier alpha value is -4.46. The third-order valence-electron chi connectivity index (χ3n) is 3.81. The minimum absolute atomic E-state index is 0.0550. The van der Waals surface area contributed by atoms with Crippen LogP contribution in [0.2, 0.25) is 0 Å². The zero-order valence-corrected chi connectivity index (χ0v) is 15.1. The number of anilines is 1. The van der Waals surface area contributed by atoms with Gasteiger partial charge in [0.15, 0.2) is 18.1 Å². The fourth-order valence-electron chi connectivity index (χ4n) is 2.44. The van der Waals surface area contributed by atoms with Crippen molar-refractivity contribution in [1.29, 1.82) is 5.26 Å². The summed E-state index contributed by atoms with van der Waals surface area (Å²) < 4.78 is 28.5.